The molecule has 0 radical (unpaired) electrons. The number of pyridine rings is 1. The number of rotatable bonds is 2. The summed E-state index contributed by atoms with van der Waals surface area (Å²) in [6.45, 7) is 0. The summed E-state index contributed by atoms with van der Waals surface area (Å²) in [5.41, 5.74) is 2.79. The van der Waals surface area contributed by atoms with Crippen LogP contribution in [0.5, 0.6) is 0 Å². The Morgan fingerprint density at radius 1 is 1.00 bits per heavy atom. The molecule has 3 rings (SSSR count). The molecule has 2 N–H and O–H groups in total. The quantitative estimate of drug-likeness (QED) is 0.683. The van der Waals surface area contributed by atoms with Gasteiger partial charge in [-0.05, 0) is 24.3 Å². The molecule has 0 fully saturated rings. The zero-order chi connectivity index (χ0) is 10.8. The van der Waals surface area contributed by atoms with Gasteiger partial charge in [0.05, 0.1) is 5.52 Å². The molecule has 0 saturated heterocycles. The van der Waals surface area contributed by atoms with Crippen LogP contribution in [0.15, 0.2) is 48.7 Å². The van der Waals surface area contributed by atoms with Crippen LogP contribution in [0.4, 0.5) is 11.5 Å². The molecule has 0 amide bonds. The van der Waals surface area contributed by atoms with E-state index in [0.29, 0.717) is 0 Å². The highest BCUT2D eigenvalue weighted by atomic mass is 15.2. The van der Waals surface area contributed by atoms with E-state index < -0.39 is 0 Å². The molecular formula is C12H10N4. The van der Waals surface area contributed by atoms with Gasteiger partial charge < -0.3 is 5.32 Å². The molecule has 0 aliphatic rings. The van der Waals surface area contributed by atoms with E-state index in [0.717, 1.165) is 22.5 Å². The topological polar surface area (TPSA) is 53.6 Å². The average Bonchev–Trinajstić information content (AvgIpc) is 2.74. The number of H-pyrrole nitrogens is 1. The van der Waals surface area contributed by atoms with Crippen molar-refractivity contribution in [2.45, 2.75) is 0 Å². The molecule has 0 atom stereocenters. The molecule has 1 aromatic carbocycles. The first kappa shape index (κ1) is 8.91. The molecule has 0 unspecified atom stereocenters. The van der Waals surface area contributed by atoms with E-state index in [4.69, 9.17) is 0 Å². The molecule has 0 bridgehead atoms. The van der Waals surface area contributed by atoms with Crippen LogP contribution in [0, 0.1) is 0 Å². The Balaban J connectivity index is 2.01. The highest BCUT2D eigenvalue weighted by molar-refractivity contribution is 5.87. The highest BCUT2D eigenvalue weighted by Gasteiger charge is 2.05. The summed E-state index contributed by atoms with van der Waals surface area (Å²) in [6, 6.07) is 13.7. The molecule has 0 aliphatic heterocycles. The maximum atomic E-state index is 4.28. The molecule has 2 aromatic heterocycles. The number of anilines is 2. The molecular weight excluding hydrogens is 200 g/mol. The summed E-state index contributed by atoms with van der Waals surface area (Å²) < 4.78 is 0. The predicted octanol–water partition coefficient (Wildman–Crippen LogP) is 2.70. The van der Waals surface area contributed by atoms with Gasteiger partial charge in [0, 0.05) is 11.9 Å². The smallest absolute Gasteiger partial charge is 0.178 e. The second kappa shape index (κ2) is 3.66. The minimum Gasteiger partial charge on any atom is -0.337 e. The first-order chi connectivity index (χ1) is 7.93. The monoisotopic (exact) mass is 210 g/mol. The number of aromatic nitrogens is 3. The van der Waals surface area contributed by atoms with Gasteiger partial charge in [0.15, 0.2) is 5.82 Å². The second-order valence-electron chi connectivity index (χ2n) is 3.46. The van der Waals surface area contributed by atoms with E-state index in [9.17, 15) is 0 Å². The van der Waals surface area contributed by atoms with Gasteiger partial charge >= 0.3 is 0 Å². The summed E-state index contributed by atoms with van der Waals surface area (Å²) in [5.74, 6) is 0.752. The fourth-order valence-corrected chi connectivity index (χ4v) is 1.60. The zero-order valence-electron chi connectivity index (χ0n) is 8.51. The molecule has 4 heteroatoms. The van der Waals surface area contributed by atoms with Crippen molar-refractivity contribution in [2.75, 3.05) is 5.32 Å². The van der Waals surface area contributed by atoms with Gasteiger partial charge in [-0.3, -0.25) is 10.1 Å². The summed E-state index contributed by atoms with van der Waals surface area (Å²) in [7, 11) is 0. The number of nitrogens with zero attached hydrogens (tertiary/aromatic N) is 2. The Kier molecular flexibility index (Phi) is 2.04. The molecule has 2 heterocycles. The highest BCUT2D eigenvalue weighted by Crippen LogP contribution is 2.20. The fraction of sp³-hybridized carbons (Fsp3) is 0. The van der Waals surface area contributed by atoms with E-state index in [1.807, 2.05) is 42.5 Å². The third-order valence-electron chi connectivity index (χ3n) is 2.36. The number of benzene rings is 1. The Morgan fingerprint density at radius 2 is 1.88 bits per heavy atom. The lowest BCUT2D eigenvalue weighted by Crippen LogP contribution is -1.90. The van der Waals surface area contributed by atoms with Crippen LogP contribution in [0.3, 0.4) is 0 Å². The maximum Gasteiger partial charge on any atom is 0.178 e. The lowest BCUT2D eigenvalue weighted by molar-refractivity contribution is 1.12. The third kappa shape index (κ3) is 1.50. The summed E-state index contributed by atoms with van der Waals surface area (Å²) >= 11 is 0. The van der Waals surface area contributed by atoms with Gasteiger partial charge in [-0.1, -0.05) is 18.2 Å². The van der Waals surface area contributed by atoms with Crippen LogP contribution in [-0.4, -0.2) is 15.2 Å². The number of hydrogen-bond donors (Lipinski definition) is 2. The van der Waals surface area contributed by atoms with Crippen molar-refractivity contribution in [3.8, 4) is 0 Å². The SMILES string of the molecule is c1ccc(Nc2n[nH]c3cccnc23)cc1. The van der Waals surface area contributed by atoms with Crippen molar-refractivity contribution in [1.29, 1.82) is 0 Å². The van der Waals surface area contributed by atoms with Crippen LogP contribution in [0.2, 0.25) is 0 Å². The molecule has 78 valence electrons. The van der Waals surface area contributed by atoms with Crippen molar-refractivity contribution in [3.05, 3.63) is 48.7 Å². The Hall–Kier alpha value is -2.36. The Morgan fingerprint density at radius 3 is 2.75 bits per heavy atom. The van der Waals surface area contributed by atoms with E-state index in [1.54, 1.807) is 6.20 Å². The van der Waals surface area contributed by atoms with Gasteiger partial charge in [0.2, 0.25) is 0 Å². The maximum absolute atomic E-state index is 4.28. The Bertz CT molecular complexity index is 600. The molecule has 0 aliphatic carbocycles. The largest absolute Gasteiger partial charge is 0.337 e. The lowest BCUT2D eigenvalue weighted by atomic mass is 10.3. The van der Waals surface area contributed by atoms with E-state index in [-0.39, 0.29) is 0 Å². The number of para-hydroxylation sites is 1. The summed E-state index contributed by atoms with van der Waals surface area (Å²) in [4.78, 5) is 4.28. The van der Waals surface area contributed by atoms with E-state index >= 15 is 0 Å². The first-order valence-corrected chi connectivity index (χ1v) is 5.05. The van der Waals surface area contributed by atoms with Crippen LogP contribution in [0.25, 0.3) is 11.0 Å². The van der Waals surface area contributed by atoms with Crippen molar-refractivity contribution in [2.24, 2.45) is 0 Å². The van der Waals surface area contributed by atoms with Crippen molar-refractivity contribution < 1.29 is 0 Å². The zero-order valence-corrected chi connectivity index (χ0v) is 8.51. The summed E-state index contributed by atoms with van der Waals surface area (Å²) in [5, 5.41) is 10.3. The normalized spacial score (nSPS) is 10.5. The first-order valence-electron chi connectivity index (χ1n) is 5.05. The summed E-state index contributed by atoms with van der Waals surface area (Å²) in [6.07, 6.45) is 1.76. The van der Waals surface area contributed by atoms with Gasteiger partial charge in [0.1, 0.15) is 5.52 Å². The number of fused-ring (bicyclic) bond motifs is 1. The minimum atomic E-state index is 0.752. The third-order valence-corrected chi connectivity index (χ3v) is 2.36. The predicted molar refractivity (Wildman–Crippen MR) is 63.6 cm³/mol. The fourth-order valence-electron chi connectivity index (χ4n) is 1.60. The van der Waals surface area contributed by atoms with Gasteiger partial charge in [-0.15, -0.1) is 0 Å². The van der Waals surface area contributed by atoms with Gasteiger partial charge in [0.25, 0.3) is 0 Å². The number of hydrogen-bond acceptors (Lipinski definition) is 3. The van der Waals surface area contributed by atoms with Crippen LogP contribution >= 0.6 is 0 Å². The van der Waals surface area contributed by atoms with Crippen molar-refractivity contribution in [3.63, 3.8) is 0 Å². The van der Waals surface area contributed by atoms with Crippen LogP contribution < -0.4 is 5.32 Å². The van der Waals surface area contributed by atoms with Crippen LogP contribution in [-0.2, 0) is 0 Å². The minimum absolute atomic E-state index is 0.752. The molecule has 16 heavy (non-hydrogen) atoms. The Labute approximate surface area is 92.3 Å². The number of aromatic amines is 1. The van der Waals surface area contributed by atoms with Gasteiger partial charge in [-0.25, -0.2) is 0 Å². The number of nitrogens with one attached hydrogen (secondary N) is 2. The second-order valence-corrected chi connectivity index (χ2v) is 3.46. The molecule has 3 aromatic rings. The van der Waals surface area contributed by atoms with Gasteiger partial charge in [-0.2, -0.15) is 5.10 Å². The average molecular weight is 210 g/mol. The van der Waals surface area contributed by atoms with E-state index in [1.165, 1.54) is 0 Å². The molecule has 0 spiro atoms. The van der Waals surface area contributed by atoms with E-state index in [2.05, 4.69) is 20.5 Å². The molecule has 4 nitrogen and oxygen atoms in total. The standard InChI is InChI=1S/C12H10N4/c1-2-5-9(6-3-1)14-12-11-10(15-16-12)7-4-8-13-11/h1-8H,(H2,14,15,16). The van der Waals surface area contributed by atoms with Crippen molar-refractivity contribution >= 4 is 22.5 Å². The van der Waals surface area contributed by atoms with Crippen molar-refractivity contribution in [1.82, 2.24) is 15.2 Å². The lowest BCUT2D eigenvalue weighted by Gasteiger charge is -2.01. The van der Waals surface area contributed by atoms with Crippen LogP contribution in [0.1, 0.15) is 0 Å². The molecule has 0 saturated carbocycles.